The zero-order valence-electron chi connectivity index (χ0n) is 12.3. The van der Waals surface area contributed by atoms with Gasteiger partial charge in [0.25, 0.3) is 0 Å². The Morgan fingerprint density at radius 3 is 2.62 bits per heavy atom. The second-order valence-electron chi connectivity index (χ2n) is 4.85. The second kappa shape index (κ2) is 6.32. The molecule has 114 valence electrons. The first-order valence-corrected chi connectivity index (χ1v) is 6.85. The van der Waals surface area contributed by atoms with Crippen LogP contribution in [0.15, 0.2) is 12.1 Å². The van der Waals surface area contributed by atoms with E-state index in [1.807, 2.05) is 15.9 Å². The van der Waals surface area contributed by atoms with E-state index in [0.717, 1.165) is 23.3 Å². The molecule has 1 aromatic rings. The van der Waals surface area contributed by atoms with Crippen molar-refractivity contribution >= 4 is 40.9 Å². The van der Waals surface area contributed by atoms with E-state index in [-0.39, 0.29) is 5.91 Å². The highest BCUT2D eigenvalue weighted by atomic mass is 35.5. The minimum Gasteiger partial charge on any atom is -0.388 e. The molecule has 6 nitrogen and oxygen atoms in total. The smallest absolute Gasteiger partial charge is 0.246 e. The minimum atomic E-state index is 0.00880. The van der Waals surface area contributed by atoms with Gasteiger partial charge in [0.1, 0.15) is 6.29 Å². The number of ether oxygens (including phenoxy) is 1. The fraction of sp³-hybridized carbons (Fsp3) is 0.429. The van der Waals surface area contributed by atoms with E-state index in [1.54, 1.807) is 32.2 Å². The Bertz CT molecular complexity index is 565. The second-order valence-corrected chi connectivity index (χ2v) is 5.26. The predicted octanol–water partition coefficient (Wildman–Crippen LogP) is 1.36. The van der Waals surface area contributed by atoms with Gasteiger partial charge < -0.3 is 24.2 Å². The quantitative estimate of drug-likeness (QED) is 0.772. The molecular weight excluding hydrogens is 294 g/mol. The van der Waals surface area contributed by atoms with Crippen LogP contribution in [0.5, 0.6) is 0 Å². The molecule has 0 atom stereocenters. The predicted molar refractivity (Wildman–Crippen MR) is 83.4 cm³/mol. The van der Waals surface area contributed by atoms with Gasteiger partial charge in [0, 0.05) is 21.3 Å². The van der Waals surface area contributed by atoms with Crippen molar-refractivity contribution in [1.82, 2.24) is 0 Å². The Labute approximate surface area is 128 Å². The molecule has 7 heteroatoms. The van der Waals surface area contributed by atoms with Crippen LogP contribution in [0.4, 0.5) is 17.1 Å². The summed E-state index contributed by atoms with van der Waals surface area (Å²) in [6.45, 7) is 1.20. The molecule has 0 bridgehead atoms. The van der Waals surface area contributed by atoms with Crippen LogP contribution in [-0.2, 0) is 14.3 Å². The number of hydrogen-bond acceptors (Lipinski definition) is 5. The number of nitrogens with zero attached hydrogens (tertiary/aromatic N) is 3. The molecule has 2 aliphatic heterocycles. The van der Waals surface area contributed by atoms with Crippen LogP contribution in [0.1, 0.15) is 0 Å². The molecule has 0 saturated heterocycles. The molecule has 0 N–H and O–H groups in total. The van der Waals surface area contributed by atoms with Crippen LogP contribution in [0.3, 0.4) is 0 Å². The maximum Gasteiger partial charge on any atom is 0.246 e. The summed E-state index contributed by atoms with van der Waals surface area (Å²) in [6, 6.07) is 3.67. The maximum atomic E-state index is 11.9. The SMILES string of the molecule is CN1C(=O)CN2CN(CC=O)c3ccc(Cl)c1c32.COC. The molecule has 2 aliphatic rings. The summed E-state index contributed by atoms with van der Waals surface area (Å²) in [4.78, 5) is 28.1. The van der Waals surface area contributed by atoms with Crippen molar-refractivity contribution in [1.29, 1.82) is 0 Å². The molecule has 1 aromatic carbocycles. The number of carbonyl (C=O) groups is 2. The van der Waals surface area contributed by atoms with Gasteiger partial charge in [-0.1, -0.05) is 11.6 Å². The number of amides is 1. The number of methoxy groups -OCH3 is 1. The van der Waals surface area contributed by atoms with Gasteiger partial charge in [-0.2, -0.15) is 0 Å². The Kier molecular flexibility index (Phi) is 4.69. The summed E-state index contributed by atoms with van der Waals surface area (Å²) in [5, 5.41) is 0.558. The summed E-state index contributed by atoms with van der Waals surface area (Å²) in [5.74, 6) is 0.00880. The van der Waals surface area contributed by atoms with Gasteiger partial charge in [-0.3, -0.25) is 4.79 Å². The van der Waals surface area contributed by atoms with E-state index in [2.05, 4.69) is 4.74 Å². The van der Waals surface area contributed by atoms with Gasteiger partial charge in [-0.25, -0.2) is 0 Å². The van der Waals surface area contributed by atoms with Gasteiger partial charge in [-0.15, -0.1) is 0 Å². The van der Waals surface area contributed by atoms with Crippen LogP contribution < -0.4 is 14.7 Å². The zero-order valence-corrected chi connectivity index (χ0v) is 13.1. The number of aldehydes is 1. The Hall–Kier alpha value is -1.79. The lowest BCUT2D eigenvalue weighted by atomic mass is 10.1. The molecule has 0 unspecified atom stereocenters. The van der Waals surface area contributed by atoms with Crippen LogP contribution >= 0.6 is 11.6 Å². The number of likely N-dealkylation sites (N-methyl/N-ethyl adjacent to an activating group) is 1. The van der Waals surface area contributed by atoms with E-state index in [0.29, 0.717) is 24.8 Å². The molecule has 0 spiro atoms. The van der Waals surface area contributed by atoms with Crippen LogP contribution in [0, 0.1) is 0 Å². The molecule has 3 rings (SSSR count). The van der Waals surface area contributed by atoms with Crippen LogP contribution in [0.2, 0.25) is 5.02 Å². The first-order chi connectivity index (χ1) is 10.0. The fourth-order valence-electron chi connectivity index (χ4n) is 2.55. The molecule has 0 fully saturated rings. The van der Waals surface area contributed by atoms with Crippen molar-refractivity contribution in [3.8, 4) is 0 Å². The van der Waals surface area contributed by atoms with Gasteiger partial charge in [0.15, 0.2) is 0 Å². The number of halogens is 1. The highest BCUT2D eigenvalue weighted by Gasteiger charge is 2.37. The highest BCUT2D eigenvalue weighted by Crippen LogP contribution is 2.48. The third-order valence-corrected chi connectivity index (χ3v) is 3.71. The number of anilines is 3. The topological polar surface area (TPSA) is 53.1 Å². The molecule has 0 aromatic heterocycles. The Morgan fingerprint density at radius 1 is 1.33 bits per heavy atom. The lowest BCUT2D eigenvalue weighted by Crippen LogP contribution is -2.44. The monoisotopic (exact) mass is 311 g/mol. The van der Waals surface area contributed by atoms with E-state index >= 15 is 0 Å². The summed E-state index contributed by atoms with van der Waals surface area (Å²) >= 11 is 6.18. The molecule has 2 heterocycles. The van der Waals surface area contributed by atoms with E-state index < -0.39 is 0 Å². The van der Waals surface area contributed by atoms with Crippen molar-refractivity contribution in [2.24, 2.45) is 0 Å². The lowest BCUT2D eigenvalue weighted by Gasteiger charge is -2.32. The molecule has 0 radical (unpaired) electrons. The van der Waals surface area contributed by atoms with Gasteiger partial charge >= 0.3 is 0 Å². The Balaban J connectivity index is 0.000000497. The van der Waals surface area contributed by atoms with Crippen molar-refractivity contribution in [2.45, 2.75) is 0 Å². The molecule has 1 amide bonds. The van der Waals surface area contributed by atoms with Gasteiger partial charge in [0.05, 0.1) is 41.8 Å². The van der Waals surface area contributed by atoms with E-state index in [1.165, 1.54) is 0 Å². The summed E-state index contributed by atoms with van der Waals surface area (Å²) in [5.41, 5.74) is 2.64. The van der Waals surface area contributed by atoms with Crippen molar-refractivity contribution < 1.29 is 14.3 Å². The van der Waals surface area contributed by atoms with E-state index in [9.17, 15) is 9.59 Å². The average Bonchev–Trinajstić information content (AvgIpc) is 2.77. The van der Waals surface area contributed by atoms with Crippen molar-refractivity contribution in [2.75, 3.05) is 55.7 Å². The standard InChI is InChI=1S/C12H12ClN3O2.C2H6O/c1-14-10(18)6-16-7-15(4-5-17)9-3-2-8(13)11(14)12(9)16;1-3-2/h2-3,5H,4,6-7H2,1H3;1-2H3. The Morgan fingerprint density at radius 2 is 2.00 bits per heavy atom. The highest BCUT2D eigenvalue weighted by molar-refractivity contribution is 6.35. The summed E-state index contributed by atoms with van der Waals surface area (Å²) in [6.07, 6.45) is 0.866. The number of carbonyl (C=O) groups excluding carboxylic acids is 2. The van der Waals surface area contributed by atoms with Gasteiger partial charge in [0.2, 0.25) is 5.91 Å². The third-order valence-electron chi connectivity index (χ3n) is 3.41. The van der Waals surface area contributed by atoms with E-state index in [4.69, 9.17) is 11.6 Å². The molecule has 21 heavy (non-hydrogen) atoms. The first-order valence-electron chi connectivity index (χ1n) is 6.47. The molecule has 0 aliphatic carbocycles. The van der Waals surface area contributed by atoms with Crippen LogP contribution in [0.25, 0.3) is 0 Å². The van der Waals surface area contributed by atoms with Gasteiger partial charge in [-0.05, 0) is 12.1 Å². The largest absolute Gasteiger partial charge is 0.388 e. The minimum absolute atomic E-state index is 0.00880. The fourth-order valence-corrected chi connectivity index (χ4v) is 2.83. The first kappa shape index (κ1) is 15.6. The number of hydrogen-bond donors (Lipinski definition) is 0. The summed E-state index contributed by atoms with van der Waals surface area (Å²) in [7, 11) is 4.98. The van der Waals surface area contributed by atoms with Crippen molar-refractivity contribution in [3.63, 3.8) is 0 Å². The summed E-state index contributed by atoms with van der Waals surface area (Å²) < 4.78 is 4.25. The average molecular weight is 312 g/mol. The number of benzene rings is 1. The normalized spacial score (nSPS) is 15.6. The van der Waals surface area contributed by atoms with Crippen LogP contribution in [-0.4, -0.2) is 53.2 Å². The van der Waals surface area contributed by atoms with Crippen molar-refractivity contribution in [3.05, 3.63) is 17.2 Å². The number of rotatable bonds is 2. The zero-order chi connectivity index (χ0) is 15.6. The maximum absolute atomic E-state index is 11.9. The molecule has 0 saturated carbocycles. The lowest BCUT2D eigenvalue weighted by molar-refractivity contribution is -0.117. The molecular formula is C14H18ClN3O3. The third kappa shape index (κ3) is 2.69.